The quantitative estimate of drug-likeness (QED) is 0.165. The van der Waals surface area contributed by atoms with Crippen molar-refractivity contribution in [2.75, 3.05) is 0 Å². The Morgan fingerprint density at radius 2 is 0.667 bits per heavy atom. The Morgan fingerprint density at radius 3 is 1.19 bits per heavy atom. The van der Waals surface area contributed by atoms with E-state index in [2.05, 4.69) is 206 Å². The molecule has 1 aliphatic rings. The summed E-state index contributed by atoms with van der Waals surface area (Å²) in [5.41, 5.74) is 9.65. The summed E-state index contributed by atoms with van der Waals surface area (Å²) < 4.78 is 0. The van der Waals surface area contributed by atoms with Crippen LogP contribution in [0.2, 0.25) is 0 Å². The summed E-state index contributed by atoms with van der Waals surface area (Å²) in [4.78, 5) is 2.60. The van der Waals surface area contributed by atoms with Gasteiger partial charge in [-0.05, 0) is 99.7 Å². The average molecular weight is 703 g/mol. The van der Waals surface area contributed by atoms with E-state index in [1.54, 1.807) is 0 Å². The lowest BCUT2D eigenvalue weighted by Gasteiger charge is -2.43. The molecule has 0 bridgehead atoms. The summed E-state index contributed by atoms with van der Waals surface area (Å²) in [6, 6.07) is 76.7. The second-order valence-corrected chi connectivity index (χ2v) is 15.4. The highest BCUT2D eigenvalue weighted by Gasteiger charge is 2.46. The van der Waals surface area contributed by atoms with Crippen molar-refractivity contribution in [2.45, 2.75) is 15.2 Å². The second kappa shape index (κ2) is 12.3. The number of fused-ring (bicyclic) bond motifs is 9. The fourth-order valence-corrected chi connectivity index (χ4v) is 10.6. The standard InChI is InChI=1S/C53H34S/c1-3-17-37(18-4-1)49-45-25-13-11-23-43(45)44-24-12-14-26-46(44)50(49)38-27-31-40(32-28-38)53(39-19-5-2-6-20-39)51-41-21-9-7-15-35(41)29-33-47(51)54-48-34-30-36-16-8-10-22-42(36)52(48)53/h1-34H. The van der Waals surface area contributed by atoms with E-state index in [1.807, 2.05) is 11.8 Å². The molecular weight excluding hydrogens is 669 g/mol. The summed E-state index contributed by atoms with van der Waals surface area (Å²) in [6.45, 7) is 0. The summed E-state index contributed by atoms with van der Waals surface area (Å²) in [5, 5.41) is 10.2. The molecule has 0 radical (unpaired) electrons. The summed E-state index contributed by atoms with van der Waals surface area (Å²) >= 11 is 1.91. The molecule has 0 atom stereocenters. The SMILES string of the molecule is c1ccc(-c2c(-c3ccc(C4(c5ccccc5)c5c(ccc6ccccc56)Sc5ccc6ccccc6c54)cc3)c3ccccc3c3ccccc23)cc1. The van der Waals surface area contributed by atoms with E-state index >= 15 is 0 Å². The molecule has 0 unspecified atom stereocenters. The predicted molar refractivity (Wildman–Crippen MR) is 230 cm³/mol. The maximum Gasteiger partial charge on any atom is 0.0735 e. The summed E-state index contributed by atoms with van der Waals surface area (Å²) in [7, 11) is 0. The van der Waals surface area contributed by atoms with Crippen LogP contribution in [0.4, 0.5) is 0 Å². The van der Waals surface area contributed by atoms with Crippen LogP contribution in [0.25, 0.3) is 65.3 Å². The molecule has 1 heterocycles. The zero-order valence-electron chi connectivity index (χ0n) is 29.5. The van der Waals surface area contributed by atoms with E-state index in [4.69, 9.17) is 0 Å². The number of rotatable bonds is 4. The van der Waals surface area contributed by atoms with Gasteiger partial charge in [-0.3, -0.25) is 0 Å². The minimum absolute atomic E-state index is 0.578. The highest BCUT2D eigenvalue weighted by Crippen LogP contribution is 2.59. The Morgan fingerprint density at radius 1 is 0.278 bits per heavy atom. The maximum atomic E-state index is 2.42. The van der Waals surface area contributed by atoms with Gasteiger partial charge in [-0.15, -0.1) is 0 Å². The van der Waals surface area contributed by atoms with Crippen molar-refractivity contribution < 1.29 is 0 Å². The molecule has 252 valence electrons. The fourth-order valence-electron chi connectivity index (χ4n) is 9.36. The largest absolute Gasteiger partial charge is 0.0894 e. The van der Waals surface area contributed by atoms with Crippen LogP contribution in [-0.4, -0.2) is 0 Å². The molecule has 0 spiro atoms. The first-order chi connectivity index (χ1) is 26.8. The summed E-state index contributed by atoms with van der Waals surface area (Å²) in [5.74, 6) is 0. The summed E-state index contributed by atoms with van der Waals surface area (Å²) in [6.07, 6.45) is 0. The highest BCUT2D eigenvalue weighted by molar-refractivity contribution is 7.99. The number of hydrogen-bond acceptors (Lipinski definition) is 1. The molecule has 1 heteroatoms. The minimum atomic E-state index is -0.578. The Bertz CT molecular complexity index is 2970. The van der Waals surface area contributed by atoms with Gasteiger partial charge < -0.3 is 0 Å². The van der Waals surface area contributed by atoms with Crippen LogP contribution in [0.1, 0.15) is 22.3 Å². The first-order valence-corrected chi connectivity index (χ1v) is 19.5. The van der Waals surface area contributed by atoms with Gasteiger partial charge in [0.05, 0.1) is 5.41 Å². The van der Waals surface area contributed by atoms with E-state index < -0.39 is 5.41 Å². The van der Waals surface area contributed by atoms with Gasteiger partial charge >= 0.3 is 0 Å². The number of benzene rings is 10. The van der Waals surface area contributed by atoms with Gasteiger partial charge in [0.15, 0.2) is 0 Å². The van der Waals surface area contributed by atoms with E-state index in [0.717, 1.165) is 0 Å². The molecule has 10 aromatic rings. The van der Waals surface area contributed by atoms with Gasteiger partial charge in [-0.25, -0.2) is 0 Å². The van der Waals surface area contributed by atoms with Crippen molar-refractivity contribution in [1.82, 2.24) is 0 Å². The third kappa shape index (κ3) is 4.52. The Labute approximate surface area is 319 Å². The molecule has 54 heavy (non-hydrogen) atoms. The number of hydrogen-bond donors (Lipinski definition) is 0. The molecule has 11 rings (SSSR count). The van der Waals surface area contributed by atoms with Crippen molar-refractivity contribution in [3.8, 4) is 22.3 Å². The lowest BCUT2D eigenvalue weighted by molar-refractivity contribution is 0.718. The van der Waals surface area contributed by atoms with Gasteiger partial charge in [-0.2, -0.15) is 0 Å². The molecule has 0 saturated heterocycles. The lowest BCUT2D eigenvalue weighted by Crippen LogP contribution is -2.34. The molecule has 0 nitrogen and oxygen atoms in total. The van der Waals surface area contributed by atoms with Crippen LogP contribution in [-0.2, 0) is 5.41 Å². The Balaban J connectivity index is 1.26. The fraction of sp³-hybridized carbons (Fsp3) is 0.0189. The molecule has 10 aromatic carbocycles. The van der Waals surface area contributed by atoms with Gasteiger partial charge in [0.25, 0.3) is 0 Å². The van der Waals surface area contributed by atoms with Crippen LogP contribution in [0, 0.1) is 0 Å². The topological polar surface area (TPSA) is 0 Å². The van der Waals surface area contributed by atoms with Crippen LogP contribution < -0.4 is 0 Å². The third-order valence-electron chi connectivity index (χ3n) is 11.6. The van der Waals surface area contributed by atoms with Gasteiger partial charge in [0.2, 0.25) is 0 Å². The van der Waals surface area contributed by atoms with Crippen molar-refractivity contribution in [3.63, 3.8) is 0 Å². The zero-order chi connectivity index (χ0) is 35.6. The molecule has 0 N–H and O–H groups in total. The predicted octanol–water partition coefficient (Wildman–Crippen LogP) is 14.5. The van der Waals surface area contributed by atoms with Gasteiger partial charge in [0.1, 0.15) is 0 Å². The Kier molecular flexibility index (Phi) is 7.12. The first-order valence-electron chi connectivity index (χ1n) is 18.7. The smallest absolute Gasteiger partial charge is 0.0735 e. The van der Waals surface area contributed by atoms with Crippen molar-refractivity contribution in [3.05, 3.63) is 229 Å². The lowest BCUT2D eigenvalue weighted by atomic mass is 9.62. The minimum Gasteiger partial charge on any atom is -0.0894 e. The van der Waals surface area contributed by atoms with Gasteiger partial charge in [-0.1, -0.05) is 206 Å². The van der Waals surface area contributed by atoms with Crippen LogP contribution in [0.3, 0.4) is 0 Å². The van der Waals surface area contributed by atoms with E-state index in [9.17, 15) is 0 Å². The van der Waals surface area contributed by atoms with Crippen LogP contribution in [0.15, 0.2) is 216 Å². The van der Waals surface area contributed by atoms with Gasteiger partial charge in [0, 0.05) is 9.79 Å². The van der Waals surface area contributed by atoms with Crippen molar-refractivity contribution >= 4 is 54.9 Å². The molecule has 0 aliphatic carbocycles. The first kappa shape index (κ1) is 31.1. The van der Waals surface area contributed by atoms with E-state index in [-0.39, 0.29) is 0 Å². The van der Waals surface area contributed by atoms with Crippen LogP contribution in [0.5, 0.6) is 0 Å². The maximum absolute atomic E-state index is 2.42. The monoisotopic (exact) mass is 702 g/mol. The van der Waals surface area contributed by atoms with Crippen LogP contribution >= 0.6 is 11.8 Å². The molecule has 0 amide bonds. The Hall–Kier alpha value is -6.41. The zero-order valence-corrected chi connectivity index (χ0v) is 30.4. The molecule has 0 fully saturated rings. The normalized spacial score (nSPS) is 13.3. The van der Waals surface area contributed by atoms with Crippen molar-refractivity contribution in [2.24, 2.45) is 0 Å². The molecule has 0 saturated carbocycles. The molecular formula is C53H34S. The van der Waals surface area contributed by atoms with E-state index in [1.165, 1.54) is 97.4 Å². The molecule has 0 aromatic heterocycles. The third-order valence-corrected chi connectivity index (χ3v) is 12.7. The van der Waals surface area contributed by atoms with E-state index in [0.29, 0.717) is 0 Å². The highest BCUT2D eigenvalue weighted by atomic mass is 32.2. The van der Waals surface area contributed by atoms with Crippen molar-refractivity contribution in [1.29, 1.82) is 0 Å². The molecule has 1 aliphatic heterocycles. The second-order valence-electron chi connectivity index (χ2n) is 14.3. The average Bonchev–Trinajstić information content (AvgIpc) is 3.25.